The van der Waals surface area contributed by atoms with Gasteiger partial charge < -0.3 is 5.11 Å². The Bertz CT molecular complexity index is 589. The van der Waals surface area contributed by atoms with Crippen molar-refractivity contribution in [1.82, 2.24) is 4.31 Å². The summed E-state index contributed by atoms with van der Waals surface area (Å²) in [4.78, 5) is 10.4. The van der Waals surface area contributed by atoms with Crippen LogP contribution in [0.25, 0.3) is 0 Å². The largest absolute Gasteiger partial charge is 0.481 e. The maximum atomic E-state index is 11.9. The predicted molar refractivity (Wildman–Crippen MR) is 78.6 cm³/mol. The van der Waals surface area contributed by atoms with Crippen LogP contribution in [-0.4, -0.2) is 36.6 Å². The van der Waals surface area contributed by atoms with Gasteiger partial charge in [-0.3, -0.25) is 4.79 Å². The minimum Gasteiger partial charge on any atom is -0.481 e. The number of halogens is 2. The molecular weight excluding hydrogens is 325 g/mol. The van der Waals surface area contributed by atoms with E-state index in [0.717, 1.165) is 0 Å². The van der Waals surface area contributed by atoms with Gasteiger partial charge in [0.15, 0.2) is 0 Å². The molecule has 0 saturated heterocycles. The Kier molecular flexibility index (Phi) is 6.26. The zero-order valence-electron chi connectivity index (χ0n) is 10.8. The number of sulfonamides is 1. The second-order valence-electron chi connectivity index (χ2n) is 4.32. The van der Waals surface area contributed by atoms with Crippen LogP contribution < -0.4 is 0 Å². The van der Waals surface area contributed by atoms with E-state index < -0.39 is 16.0 Å². The van der Waals surface area contributed by atoms with E-state index in [0.29, 0.717) is 15.6 Å². The molecule has 1 rings (SSSR count). The molecule has 112 valence electrons. The third kappa shape index (κ3) is 5.28. The number of carbonyl (C=O) groups is 1. The average molecular weight is 340 g/mol. The number of nitrogens with zero attached hydrogens (tertiary/aromatic N) is 1. The number of hydrogen-bond acceptors (Lipinski definition) is 3. The fraction of sp³-hybridized carbons (Fsp3) is 0.417. The molecule has 0 radical (unpaired) electrons. The lowest BCUT2D eigenvalue weighted by Gasteiger charge is -2.17. The van der Waals surface area contributed by atoms with Gasteiger partial charge in [0.25, 0.3) is 0 Å². The van der Waals surface area contributed by atoms with Gasteiger partial charge in [0, 0.05) is 20.0 Å². The lowest BCUT2D eigenvalue weighted by atomic mass is 10.2. The Morgan fingerprint density at radius 2 is 1.95 bits per heavy atom. The van der Waals surface area contributed by atoms with E-state index in [-0.39, 0.29) is 25.1 Å². The molecule has 1 aromatic rings. The number of carboxylic acids is 1. The Hall–Kier alpha value is -0.820. The highest BCUT2D eigenvalue weighted by molar-refractivity contribution is 7.89. The molecule has 0 fully saturated rings. The molecule has 0 bridgehead atoms. The molecule has 0 aliphatic carbocycles. The van der Waals surface area contributed by atoms with E-state index in [1.165, 1.54) is 11.4 Å². The molecule has 8 heteroatoms. The first-order valence-corrected chi connectivity index (χ1v) is 8.18. The van der Waals surface area contributed by atoms with Crippen LogP contribution in [0.2, 0.25) is 10.0 Å². The number of aliphatic carboxylic acids is 1. The van der Waals surface area contributed by atoms with E-state index >= 15 is 0 Å². The van der Waals surface area contributed by atoms with Gasteiger partial charge in [-0.05, 0) is 24.1 Å². The normalized spacial score (nSPS) is 11.8. The number of carboxylic acid groups (broad SMARTS) is 1. The zero-order chi connectivity index (χ0) is 15.3. The summed E-state index contributed by atoms with van der Waals surface area (Å²) in [6.45, 7) is 0.159. The summed E-state index contributed by atoms with van der Waals surface area (Å²) in [7, 11) is -2.04. The van der Waals surface area contributed by atoms with Crippen molar-refractivity contribution < 1.29 is 18.3 Å². The van der Waals surface area contributed by atoms with Crippen molar-refractivity contribution in [2.24, 2.45) is 0 Å². The lowest BCUT2D eigenvalue weighted by Crippen LogP contribution is -2.29. The van der Waals surface area contributed by atoms with Crippen LogP contribution in [0, 0.1) is 0 Å². The molecule has 0 amide bonds. The summed E-state index contributed by atoms with van der Waals surface area (Å²) >= 11 is 11.7. The van der Waals surface area contributed by atoms with Crippen molar-refractivity contribution in [2.75, 3.05) is 12.8 Å². The minimum atomic E-state index is -3.48. The van der Waals surface area contributed by atoms with Gasteiger partial charge in [0.05, 0.1) is 15.8 Å². The first-order valence-electron chi connectivity index (χ1n) is 5.82. The fourth-order valence-corrected chi connectivity index (χ4v) is 3.04. The van der Waals surface area contributed by atoms with Crippen LogP contribution in [-0.2, 0) is 21.4 Å². The van der Waals surface area contributed by atoms with E-state index in [2.05, 4.69) is 0 Å². The molecule has 0 unspecified atom stereocenters. The molecule has 0 atom stereocenters. The summed E-state index contributed by atoms with van der Waals surface area (Å²) in [5.74, 6) is -1.20. The zero-order valence-corrected chi connectivity index (χ0v) is 13.2. The predicted octanol–water partition coefficient (Wildman–Crippen LogP) is 2.62. The topological polar surface area (TPSA) is 74.7 Å². The fourth-order valence-electron chi connectivity index (χ4n) is 1.56. The molecule has 0 aliphatic heterocycles. The summed E-state index contributed by atoms with van der Waals surface area (Å²) in [6, 6.07) is 4.90. The molecule has 0 saturated carbocycles. The first-order chi connectivity index (χ1) is 9.22. The Balaban J connectivity index is 2.66. The quantitative estimate of drug-likeness (QED) is 0.828. The molecule has 0 aliphatic rings. The first kappa shape index (κ1) is 17.2. The third-order valence-corrected chi connectivity index (χ3v) is 5.28. The highest BCUT2D eigenvalue weighted by Crippen LogP contribution is 2.23. The van der Waals surface area contributed by atoms with Gasteiger partial charge in [-0.25, -0.2) is 12.7 Å². The van der Waals surface area contributed by atoms with Gasteiger partial charge in [-0.15, -0.1) is 0 Å². The summed E-state index contributed by atoms with van der Waals surface area (Å²) in [5, 5.41) is 9.27. The maximum absolute atomic E-state index is 11.9. The molecular formula is C12H15Cl2NO4S. The van der Waals surface area contributed by atoms with E-state index in [1.807, 2.05) is 0 Å². The SMILES string of the molecule is CN(Cc1ccc(Cl)c(Cl)c1)S(=O)(=O)CCCC(=O)O. The summed E-state index contributed by atoms with van der Waals surface area (Å²) < 4.78 is 25.1. The van der Waals surface area contributed by atoms with E-state index in [4.69, 9.17) is 28.3 Å². The highest BCUT2D eigenvalue weighted by atomic mass is 35.5. The highest BCUT2D eigenvalue weighted by Gasteiger charge is 2.18. The third-order valence-electron chi connectivity index (χ3n) is 2.66. The molecule has 1 aromatic carbocycles. The van der Waals surface area contributed by atoms with Crippen LogP contribution in [0.4, 0.5) is 0 Å². The Labute approximate surface area is 128 Å². The van der Waals surface area contributed by atoms with E-state index in [1.54, 1.807) is 18.2 Å². The number of rotatable bonds is 7. The van der Waals surface area contributed by atoms with Crippen LogP contribution in [0.5, 0.6) is 0 Å². The number of hydrogen-bond donors (Lipinski definition) is 1. The Morgan fingerprint density at radius 3 is 2.50 bits per heavy atom. The number of benzene rings is 1. The van der Waals surface area contributed by atoms with Gasteiger partial charge in [-0.1, -0.05) is 29.3 Å². The second-order valence-corrected chi connectivity index (χ2v) is 7.33. The monoisotopic (exact) mass is 339 g/mol. The summed E-state index contributed by atoms with van der Waals surface area (Å²) in [5.41, 5.74) is 0.712. The Morgan fingerprint density at radius 1 is 1.30 bits per heavy atom. The van der Waals surface area contributed by atoms with Crippen molar-refractivity contribution in [3.63, 3.8) is 0 Å². The lowest BCUT2D eigenvalue weighted by molar-refractivity contribution is -0.137. The summed E-state index contributed by atoms with van der Waals surface area (Å²) in [6.07, 6.45) is -0.0801. The molecule has 0 spiro atoms. The van der Waals surface area contributed by atoms with Gasteiger partial charge in [0.1, 0.15) is 0 Å². The van der Waals surface area contributed by atoms with Crippen molar-refractivity contribution in [1.29, 1.82) is 0 Å². The molecule has 5 nitrogen and oxygen atoms in total. The molecule has 1 N–H and O–H groups in total. The van der Waals surface area contributed by atoms with Crippen molar-refractivity contribution in [3.8, 4) is 0 Å². The minimum absolute atomic E-state index is 0.0867. The van der Waals surface area contributed by atoms with Crippen LogP contribution >= 0.6 is 23.2 Å². The molecule has 0 aromatic heterocycles. The van der Waals surface area contributed by atoms with Crippen LogP contribution in [0.1, 0.15) is 18.4 Å². The maximum Gasteiger partial charge on any atom is 0.303 e. The molecule has 0 heterocycles. The smallest absolute Gasteiger partial charge is 0.303 e. The van der Waals surface area contributed by atoms with Crippen molar-refractivity contribution in [2.45, 2.75) is 19.4 Å². The van der Waals surface area contributed by atoms with Crippen LogP contribution in [0.3, 0.4) is 0 Å². The standard InChI is InChI=1S/C12H15Cl2NO4S/c1-15(20(18,19)6-2-3-12(16)17)8-9-4-5-10(13)11(14)7-9/h4-5,7H,2-3,6,8H2,1H3,(H,16,17). The van der Waals surface area contributed by atoms with Gasteiger partial charge >= 0.3 is 5.97 Å². The second kappa shape index (κ2) is 7.26. The van der Waals surface area contributed by atoms with Crippen molar-refractivity contribution in [3.05, 3.63) is 33.8 Å². The van der Waals surface area contributed by atoms with Crippen molar-refractivity contribution >= 4 is 39.2 Å². The van der Waals surface area contributed by atoms with E-state index in [9.17, 15) is 13.2 Å². The van der Waals surface area contributed by atoms with Crippen LogP contribution in [0.15, 0.2) is 18.2 Å². The molecule has 20 heavy (non-hydrogen) atoms. The average Bonchev–Trinajstić information content (AvgIpc) is 2.33. The van der Waals surface area contributed by atoms with Gasteiger partial charge in [0.2, 0.25) is 10.0 Å². The van der Waals surface area contributed by atoms with Gasteiger partial charge in [-0.2, -0.15) is 0 Å².